The van der Waals surface area contributed by atoms with E-state index in [1.54, 1.807) is 0 Å². The van der Waals surface area contributed by atoms with Crippen molar-refractivity contribution < 1.29 is 14.6 Å². The molecule has 0 aromatic carbocycles. The molecule has 4 aliphatic rings. The molecule has 196 valence electrons. The maximum atomic E-state index is 11.6. The van der Waals surface area contributed by atoms with Crippen LogP contribution in [0.3, 0.4) is 0 Å². The average Bonchev–Trinajstić information content (AvgIpc) is 3.13. The van der Waals surface area contributed by atoms with Gasteiger partial charge in [-0.2, -0.15) is 0 Å². The number of carbonyl (C=O) groups excluding carboxylic acids is 1. The number of nitrogens with one attached hydrogen (secondary N) is 2. The van der Waals surface area contributed by atoms with Gasteiger partial charge in [-0.05, 0) is 105 Å². The summed E-state index contributed by atoms with van der Waals surface area (Å²) in [6, 6.07) is 1.09. The van der Waals surface area contributed by atoms with Crippen LogP contribution in [0.5, 0.6) is 0 Å². The van der Waals surface area contributed by atoms with Crippen LogP contribution >= 0.6 is 0 Å². The molecule has 9 atom stereocenters. The van der Waals surface area contributed by atoms with Crippen molar-refractivity contribution in [3.05, 3.63) is 0 Å². The first-order valence-corrected chi connectivity index (χ1v) is 14.4. The highest BCUT2D eigenvalue weighted by molar-refractivity contribution is 5.68. The molecule has 0 radical (unpaired) electrons. The van der Waals surface area contributed by atoms with E-state index in [9.17, 15) is 9.90 Å². The quantitative estimate of drug-likeness (QED) is 0.326. The molecule has 5 heteroatoms. The van der Waals surface area contributed by atoms with E-state index >= 15 is 0 Å². The standard InChI is InChI=1S/C29H52N2O3/c1-19(2)30-15-16-31-21-11-13-29(4)24-12-14-28(3)20(7-6-8-27(33)34-5)9-10-23(28)22(24)18-26(32)25(29)17-21/h19-26,30-32H,6-18H2,1-5H3. The Morgan fingerprint density at radius 2 is 1.74 bits per heavy atom. The predicted octanol–water partition coefficient (Wildman–Crippen LogP) is 4.92. The zero-order valence-corrected chi connectivity index (χ0v) is 22.6. The Labute approximate surface area is 208 Å². The largest absolute Gasteiger partial charge is 0.469 e. The zero-order valence-electron chi connectivity index (χ0n) is 22.6. The summed E-state index contributed by atoms with van der Waals surface area (Å²) in [5.74, 6) is 3.31. The average molecular weight is 477 g/mol. The molecule has 0 heterocycles. The van der Waals surface area contributed by atoms with Gasteiger partial charge in [0.2, 0.25) is 0 Å². The molecule has 5 nitrogen and oxygen atoms in total. The fourth-order valence-corrected chi connectivity index (χ4v) is 9.30. The fraction of sp³-hybridized carbons (Fsp3) is 0.966. The van der Waals surface area contributed by atoms with Crippen molar-refractivity contribution in [2.24, 2.45) is 40.4 Å². The summed E-state index contributed by atoms with van der Waals surface area (Å²) in [4.78, 5) is 11.6. The van der Waals surface area contributed by atoms with Gasteiger partial charge in [-0.3, -0.25) is 4.79 Å². The van der Waals surface area contributed by atoms with Gasteiger partial charge < -0.3 is 20.5 Å². The molecular formula is C29H52N2O3. The Morgan fingerprint density at radius 3 is 2.47 bits per heavy atom. The molecule has 4 aliphatic carbocycles. The molecule has 9 unspecified atom stereocenters. The van der Waals surface area contributed by atoms with Crippen LogP contribution in [0.25, 0.3) is 0 Å². The van der Waals surface area contributed by atoms with Gasteiger partial charge in [-0.15, -0.1) is 0 Å². The summed E-state index contributed by atoms with van der Waals surface area (Å²) in [5.41, 5.74) is 0.684. The molecule has 3 N–H and O–H groups in total. The van der Waals surface area contributed by atoms with Crippen LogP contribution in [0.4, 0.5) is 0 Å². The minimum Gasteiger partial charge on any atom is -0.469 e. The van der Waals surface area contributed by atoms with Gasteiger partial charge in [0, 0.05) is 31.6 Å². The van der Waals surface area contributed by atoms with E-state index in [2.05, 4.69) is 38.3 Å². The summed E-state index contributed by atoms with van der Waals surface area (Å²) < 4.78 is 4.86. The van der Waals surface area contributed by atoms with Crippen molar-refractivity contribution in [1.82, 2.24) is 10.6 Å². The predicted molar refractivity (Wildman–Crippen MR) is 137 cm³/mol. The van der Waals surface area contributed by atoms with E-state index < -0.39 is 0 Å². The lowest BCUT2D eigenvalue weighted by molar-refractivity contribution is -0.161. The Morgan fingerprint density at radius 1 is 1.00 bits per heavy atom. The lowest BCUT2D eigenvalue weighted by atomic mass is 9.44. The topological polar surface area (TPSA) is 70.6 Å². The lowest BCUT2D eigenvalue weighted by Gasteiger charge is -2.62. The molecule has 4 saturated carbocycles. The Kier molecular flexibility index (Phi) is 8.36. The second-order valence-corrected chi connectivity index (χ2v) is 13.1. The molecular weight excluding hydrogens is 424 g/mol. The molecule has 4 fully saturated rings. The van der Waals surface area contributed by atoms with Gasteiger partial charge in [0.05, 0.1) is 13.2 Å². The summed E-state index contributed by atoms with van der Waals surface area (Å²) in [6.07, 6.45) is 12.5. The van der Waals surface area contributed by atoms with E-state index in [0.717, 1.165) is 56.5 Å². The number of esters is 1. The van der Waals surface area contributed by atoms with Gasteiger partial charge in [0.15, 0.2) is 0 Å². The molecule has 0 saturated heterocycles. The highest BCUT2D eigenvalue weighted by atomic mass is 16.5. The first-order chi connectivity index (χ1) is 16.2. The summed E-state index contributed by atoms with van der Waals surface area (Å²) in [5, 5.41) is 18.8. The molecule has 0 aromatic rings. The first-order valence-electron chi connectivity index (χ1n) is 14.4. The third-order valence-electron chi connectivity index (χ3n) is 11.1. The second kappa shape index (κ2) is 10.8. The highest BCUT2D eigenvalue weighted by Gasteiger charge is 2.61. The van der Waals surface area contributed by atoms with Gasteiger partial charge in [0.25, 0.3) is 0 Å². The van der Waals surface area contributed by atoms with Crippen LogP contribution < -0.4 is 10.6 Å². The number of rotatable bonds is 9. The number of fused-ring (bicyclic) bond motifs is 5. The number of carbonyl (C=O) groups is 1. The molecule has 0 aromatic heterocycles. The van der Waals surface area contributed by atoms with Crippen molar-refractivity contribution in [3.63, 3.8) is 0 Å². The SMILES string of the molecule is COC(=O)CCCC1CCC2C3CC(O)C4CC(NCCNC(C)C)CCC4(C)C3CCC12C. The van der Waals surface area contributed by atoms with Crippen LogP contribution in [0, 0.1) is 40.4 Å². The van der Waals surface area contributed by atoms with E-state index in [4.69, 9.17) is 4.74 Å². The van der Waals surface area contributed by atoms with Gasteiger partial charge in [-0.25, -0.2) is 0 Å². The minimum atomic E-state index is -0.148. The smallest absolute Gasteiger partial charge is 0.305 e. The third kappa shape index (κ3) is 5.09. The highest BCUT2D eigenvalue weighted by Crippen LogP contribution is 2.67. The molecule has 34 heavy (non-hydrogen) atoms. The maximum Gasteiger partial charge on any atom is 0.305 e. The van der Waals surface area contributed by atoms with Crippen LogP contribution in [-0.2, 0) is 9.53 Å². The summed E-state index contributed by atoms with van der Waals surface area (Å²) >= 11 is 0. The Hall–Kier alpha value is -0.650. The van der Waals surface area contributed by atoms with Crippen molar-refractivity contribution in [2.75, 3.05) is 20.2 Å². The molecule has 0 bridgehead atoms. The Balaban J connectivity index is 1.38. The number of hydrogen-bond donors (Lipinski definition) is 3. The molecule has 0 amide bonds. The first kappa shape index (κ1) is 26.4. The normalized spacial score (nSPS) is 43.8. The molecule has 0 spiro atoms. The number of hydrogen-bond acceptors (Lipinski definition) is 5. The van der Waals surface area contributed by atoms with E-state index in [1.165, 1.54) is 45.6 Å². The fourth-order valence-electron chi connectivity index (χ4n) is 9.30. The zero-order chi connectivity index (χ0) is 24.5. The van der Waals surface area contributed by atoms with Gasteiger partial charge in [-0.1, -0.05) is 27.7 Å². The molecule has 0 aliphatic heterocycles. The van der Waals surface area contributed by atoms with Crippen LogP contribution in [0.15, 0.2) is 0 Å². The summed E-state index contributed by atoms with van der Waals surface area (Å²) in [7, 11) is 1.49. The number of aliphatic hydroxyl groups is 1. The third-order valence-corrected chi connectivity index (χ3v) is 11.1. The van der Waals surface area contributed by atoms with Crippen molar-refractivity contribution in [1.29, 1.82) is 0 Å². The minimum absolute atomic E-state index is 0.0703. The van der Waals surface area contributed by atoms with Crippen LogP contribution in [0.1, 0.15) is 98.3 Å². The van der Waals surface area contributed by atoms with Crippen molar-refractivity contribution >= 4 is 5.97 Å². The number of aliphatic hydroxyl groups excluding tert-OH is 1. The van der Waals surface area contributed by atoms with Crippen molar-refractivity contribution in [2.45, 2.75) is 117 Å². The van der Waals surface area contributed by atoms with Crippen LogP contribution in [-0.4, -0.2) is 49.5 Å². The van der Waals surface area contributed by atoms with Gasteiger partial charge in [0.1, 0.15) is 0 Å². The molecule has 4 rings (SSSR count). The number of methoxy groups -OCH3 is 1. The maximum absolute atomic E-state index is 11.6. The summed E-state index contributed by atoms with van der Waals surface area (Å²) in [6.45, 7) is 11.5. The Bertz CT molecular complexity index is 699. The van der Waals surface area contributed by atoms with Crippen LogP contribution in [0.2, 0.25) is 0 Å². The second-order valence-electron chi connectivity index (χ2n) is 13.1. The van der Waals surface area contributed by atoms with E-state index in [-0.39, 0.29) is 12.1 Å². The van der Waals surface area contributed by atoms with Gasteiger partial charge >= 0.3 is 5.97 Å². The van der Waals surface area contributed by atoms with Crippen molar-refractivity contribution in [3.8, 4) is 0 Å². The number of ether oxygens (including phenoxy) is 1. The van der Waals surface area contributed by atoms with E-state index in [0.29, 0.717) is 41.2 Å². The monoisotopic (exact) mass is 476 g/mol. The van der Waals surface area contributed by atoms with E-state index in [1.807, 2.05) is 0 Å². The lowest BCUT2D eigenvalue weighted by Crippen LogP contribution is -2.59.